The van der Waals surface area contributed by atoms with Crippen molar-refractivity contribution in [2.45, 2.75) is 20.0 Å². The Morgan fingerprint density at radius 1 is 1.06 bits per heavy atom. The summed E-state index contributed by atoms with van der Waals surface area (Å²) in [5.41, 5.74) is 2.00. The summed E-state index contributed by atoms with van der Waals surface area (Å²) in [4.78, 5) is 25.8. The molecule has 0 aromatic heterocycles. The lowest BCUT2D eigenvalue weighted by Gasteiger charge is -2.14. The normalized spacial score (nSPS) is 14.8. The third kappa shape index (κ3) is 4.34. The van der Waals surface area contributed by atoms with Gasteiger partial charge in [0.15, 0.2) is 11.5 Å². The maximum Gasteiger partial charge on any atom is 0.329 e. The number of carbonyl (C=O) groups is 2. The molecule has 1 aliphatic rings. The number of rotatable bonds is 7. The van der Waals surface area contributed by atoms with Gasteiger partial charge in [-0.1, -0.05) is 65.3 Å². The molecule has 0 aliphatic carbocycles. The first-order valence-electron chi connectivity index (χ1n) is 10.3. The molecule has 3 aromatic carbocycles. The molecule has 0 atom stereocenters. The van der Waals surface area contributed by atoms with E-state index in [2.05, 4.69) is 39.4 Å². The summed E-state index contributed by atoms with van der Waals surface area (Å²) in [6.07, 6.45) is 2.34. The molecule has 0 saturated carbocycles. The Hall–Kier alpha value is -3.32. The summed E-state index contributed by atoms with van der Waals surface area (Å²) in [6.45, 7) is 2.68. The molecule has 1 fully saturated rings. The second kappa shape index (κ2) is 9.44. The first-order chi connectivity index (χ1) is 15.5. The number of carbonyl (C=O) groups excluding carboxylic acids is 2. The number of amides is 3. The van der Waals surface area contributed by atoms with E-state index in [0.717, 1.165) is 20.8 Å². The maximum absolute atomic E-state index is 12.5. The van der Waals surface area contributed by atoms with Crippen LogP contribution in [0.1, 0.15) is 24.5 Å². The van der Waals surface area contributed by atoms with Gasteiger partial charge < -0.3 is 14.8 Å². The predicted molar refractivity (Wildman–Crippen MR) is 127 cm³/mol. The quantitative estimate of drug-likeness (QED) is 0.348. The average Bonchev–Trinajstić information content (AvgIpc) is 3.06. The second-order valence-corrected chi connectivity index (χ2v) is 8.25. The van der Waals surface area contributed by atoms with E-state index >= 15 is 0 Å². The number of nitrogens with zero attached hydrogens (tertiary/aromatic N) is 1. The van der Waals surface area contributed by atoms with E-state index in [-0.39, 0.29) is 11.6 Å². The Kier molecular flexibility index (Phi) is 6.46. The Morgan fingerprint density at radius 3 is 2.62 bits per heavy atom. The minimum Gasteiger partial charge on any atom is -0.493 e. The van der Waals surface area contributed by atoms with Gasteiger partial charge in [0, 0.05) is 11.0 Å². The zero-order valence-corrected chi connectivity index (χ0v) is 19.4. The van der Waals surface area contributed by atoms with Crippen molar-refractivity contribution < 1.29 is 19.1 Å². The Bertz CT molecular complexity index is 1220. The molecule has 3 aromatic rings. The highest BCUT2D eigenvalue weighted by Crippen LogP contribution is 2.35. The van der Waals surface area contributed by atoms with Crippen LogP contribution in [0.25, 0.3) is 16.8 Å². The van der Waals surface area contributed by atoms with Crippen molar-refractivity contribution in [3.63, 3.8) is 0 Å². The van der Waals surface area contributed by atoms with Crippen molar-refractivity contribution in [3.05, 3.63) is 75.9 Å². The topological polar surface area (TPSA) is 67.9 Å². The minimum atomic E-state index is -0.402. The largest absolute Gasteiger partial charge is 0.493 e. The second-order valence-electron chi connectivity index (χ2n) is 7.40. The molecule has 1 saturated heterocycles. The minimum absolute atomic E-state index is 0.232. The number of methoxy groups -OCH3 is 1. The molecule has 1 aliphatic heterocycles. The van der Waals surface area contributed by atoms with Crippen LogP contribution in [0.4, 0.5) is 4.79 Å². The zero-order chi connectivity index (χ0) is 22.7. The van der Waals surface area contributed by atoms with E-state index in [1.807, 2.05) is 31.2 Å². The molecule has 7 heteroatoms. The summed E-state index contributed by atoms with van der Waals surface area (Å²) >= 11 is 3.55. The Labute approximate surface area is 194 Å². The molecule has 6 nitrogen and oxygen atoms in total. The summed E-state index contributed by atoms with van der Waals surface area (Å²) in [5.74, 6) is 0.769. The number of halogens is 1. The van der Waals surface area contributed by atoms with E-state index in [4.69, 9.17) is 9.47 Å². The lowest BCUT2D eigenvalue weighted by Crippen LogP contribution is -2.31. The first-order valence-corrected chi connectivity index (χ1v) is 11.1. The molecule has 0 spiro atoms. The van der Waals surface area contributed by atoms with Crippen LogP contribution < -0.4 is 14.8 Å². The third-order valence-corrected chi connectivity index (χ3v) is 5.94. The number of imide groups is 1. The van der Waals surface area contributed by atoms with Gasteiger partial charge in [-0.25, -0.2) is 4.79 Å². The van der Waals surface area contributed by atoms with Gasteiger partial charge >= 0.3 is 6.03 Å². The SMILES string of the molecule is CCCN1C(=O)N/C(=C/c2cc(OC)c(OCc3cccc4ccccc34)cc2Br)C1=O. The average molecular weight is 495 g/mol. The molecule has 32 heavy (non-hydrogen) atoms. The van der Waals surface area contributed by atoms with Crippen molar-refractivity contribution in [2.75, 3.05) is 13.7 Å². The van der Waals surface area contributed by atoms with E-state index in [9.17, 15) is 9.59 Å². The molecular formula is C25H23BrN2O4. The van der Waals surface area contributed by atoms with Gasteiger partial charge in [0.2, 0.25) is 0 Å². The summed E-state index contributed by atoms with van der Waals surface area (Å²) in [5, 5.41) is 4.93. The third-order valence-electron chi connectivity index (χ3n) is 5.26. The zero-order valence-electron chi connectivity index (χ0n) is 17.9. The van der Waals surface area contributed by atoms with E-state index < -0.39 is 6.03 Å². The first kappa shape index (κ1) is 21.9. The number of benzene rings is 3. The Balaban J connectivity index is 1.59. The van der Waals surface area contributed by atoms with Crippen molar-refractivity contribution in [1.82, 2.24) is 10.2 Å². The van der Waals surface area contributed by atoms with Crippen LogP contribution in [0.2, 0.25) is 0 Å². The molecule has 0 bridgehead atoms. The van der Waals surface area contributed by atoms with Crippen molar-refractivity contribution in [1.29, 1.82) is 0 Å². The highest BCUT2D eigenvalue weighted by atomic mass is 79.9. The molecular weight excluding hydrogens is 472 g/mol. The van der Waals surface area contributed by atoms with Crippen molar-refractivity contribution in [3.8, 4) is 11.5 Å². The van der Waals surface area contributed by atoms with Crippen LogP contribution in [0, 0.1) is 0 Å². The lowest BCUT2D eigenvalue weighted by molar-refractivity contribution is -0.122. The number of urea groups is 1. The summed E-state index contributed by atoms with van der Waals surface area (Å²) in [7, 11) is 1.57. The van der Waals surface area contributed by atoms with Crippen molar-refractivity contribution in [2.24, 2.45) is 0 Å². The van der Waals surface area contributed by atoms with Gasteiger partial charge in [0.1, 0.15) is 12.3 Å². The fourth-order valence-corrected chi connectivity index (χ4v) is 4.10. The molecule has 3 amide bonds. The van der Waals surface area contributed by atoms with Crippen LogP contribution in [-0.2, 0) is 11.4 Å². The summed E-state index contributed by atoms with van der Waals surface area (Å²) in [6, 6.07) is 17.5. The number of hydrogen-bond acceptors (Lipinski definition) is 4. The molecule has 1 heterocycles. The van der Waals surface area contributed by atoms with E-state index in [0.29, 0.717) is 36.6 Å². The highest BCUT2D eigenvalue weighted by Gasteiger charge is 2.32. The number of ether oxygens (including phenoxy) is 2. The molecule has 4 rings (SSSR count). The van der Waals surface area contributed by atoms with E-state index in [1.54, 1.807) is 25.3 Å². The highest BCUT2D eigenvalue weighted by molar-refractivity contribution is 9.10. The number of hydrogen-bond donors (Lipinski definition) is 1. The van der Waals surface area contributed by atoms with Crippen LogP contribution in [0.3, 0.4) is 0 Å². The predicted octanol–water partition coefficient (Wildman–Crippen LogP) is 5.49. The van der Waals surface area contributed by atoms with Crippen molar-refractivity contribution >= 4 is 44.7 Å². The van der Waals surface area contributed by atoms with Crippen LogP contribution >= 0.6 is 15.9 Å². The van der Waals surface area contributed by atoms with Crippen LogP contribution in [0.15, 0.2) is 64.8 Å². The number of nitrogens with one attached hydrogen (secondary N) is 1. The van der Waals surface area contributed by atoms with Gasteiger partial charge in [-0.2, -0.15) is 0 Å². The Morgan fingerprint density at radius 2 is 1.84 bits per heavy atom. The maximum atomic E-state index is 12.5. The molecule has 0 radical (unpaired) electrons. The summed E-state index contributed by atoms with van der Waals surface area (Å²) < 4.78 is 12.3. The molecule has 1 N–H and O–H groups in total. The monoisotopic (exact) mass is 494 g/mol. The van der Waals surface area contributed by atoms with Gasteiger partial charge in [-0.15, -0.1) is 0 Å². The molecule has 164 valence electrons. The fraction of sp³-hybridized carbons (Fsp3) is 0.200. The van der Waals surface area contributed by atoms with Gasteiger partial charge in [0.05, 0.1) is 7.11 Å². The molecule has 0 unspecified atom stereocenters. The standard InChI is InChI=1S/C25H23BrN2O4/c1-3-11-28-24(29)21(27-25(28)30)12-18-13-22(31-2)23(14-20(18)26)32-15-17-9-6-8-16-7-4-5-10-19(16)17/h4-10,12-14H,3,11,15H2,1-2H3,(H,27,30)/b21-12+. The van der Waals surface area contributed by atoms with Crippen LogP contribution in [-0.4, -0.2) is 30.5 Å². The van der Waals surface area contributed by atoms with Gasteiger partial charge in [-0.05, 0) is 46.5 Å². The van der Waals surface area contributed by atoms with Crippen LogP contribution in [0.5, 0.6) is 11.5 Å². The smallest absolute Gasteiger partial charge is 0.329 e. The van der Waals surface area contributed by atoms with E-state index in [1.165, 1.54) is 4.90 Å². The van der Waals surface area contributed by atoms with Gasteiger partial charge in [0.25, 0.3) is 5.91 Å². The number of fused-ring (bicyclic) bond motifs is 1. The van der Waals surface area contributed by atoms with Gasteiger partial charge in [-0.3, -0.25) is 9.69 Å². The fourth-order valence-electron chi connectivity index (χ4n) is 3.66. The lowest BCUT2D eigenvalue weighted by atomic mass is 10.1.